The molecule has 0 bridgehead atoms. The summed E-state index contributed by atoms with van der Waals surface area (Å²) < 4.78 is 0. The second-order valence-electron chi connectivity index (χ2n) is 4.89. The summed E-state index contributed by atoms with van der Waals surface area (Å²) >= 11 is 0. The van der Waals surface area contributed by atoms with Crippen molar-refractivity contribution in [1.29, 1.82) is 0 Å². The minimum atomic E-state index is 0.285. The molecule has 1 saturated heterocycles. The number of rotatable bonds is 2. The van der Waals surface area contributed by atoms with Gasteiger partial charge in [0.2, 0.25) is 0 Å². The third-order valence-corrected chi connectivity index (χ3v) is 3.57. The van der Waals surface area contributed by atoms with Crippen LogP contribution in [0.5, 0.6) is 0 Å². The molecule has 0 atom stereocenters. The lowest BCUT2D eigenvalue weighted by molar-refractivity contribution is 0.304. The van der Waals surface area contributed by atoms with Crippen molar-refractivity contribution in [2.24, 2.45) is 0 Å². The molecule has 1 aromatic rings. The molecular weight excluding hydrogens is 200 g/mol. The quantitative estimate of drug-likeness (QED) is 0.817. The number of aromatic nitrogens is 2. The van der Waals surface area contributed by atoms with Crippen LogP contribution in [0, 0.1) is 6.92 Å². The normalized spacial score (nSPS) is 19.8. The van der Waals surface area contributed by atoms with E-state index in [0.29, 0.717) is 0 Å². The molecule has 0 aliphatic carbocycles. The van der Waals surface area contributed by atoms with E-state index in [0.717, 1.165) is 31.7 Å². The average Bonchev–Trinajstić information content (AvgIpc) is 2.30. The number of hydrogen-bond donors (Lipinski definition) is 1. The summed E-state index contributed by atoms with van der Waals surface area (Å²) in [5.74, 6) is 1.01. The van der Waals surface area contributed by atoms with Crippen LogP contribution in [0.1, 0.15) is 25.3 Å². The van der Waals surface area contributed by atoms with Crippen LogP contribution in [-0.4, -0.2) is 35.9 Å². The molecule has 16 heavy (non-hydrogen) atoms. The molecule has 0 saturated carbocycles. The van der Waals surface area contributed by atoms with Crippen LogP contribution in [0.3, 0.4) is 0 Å². The van der Waals surface area contributed by atoms with Gasteiger partial charge >= 0.3 is 0 Å². The van der Waals surface area contributed by atoms with Crippen molar-refractivity contribution in [2.45, 2.75) is 32.2 Å². The smallest absolute Gasteiger partial charge is 0.151 e. The van der Waals surface area contributed by atoms with Gasteiger partial charge in [-0.3, -0.25) is 0 Å². The molecule has 1 fully saturated rings. The van der Waals surface area contributed by atoms with E-state index < -0.39 is 0 Å². The van der Waals surface area contributed by atoms with Crippen LogP contribution in [0.2, 0.25) is 0 Å². The van der Waals surface area contributed by atoms with Crippen molar-refractivity contribution in [3.05, 3.63) is 17.8 Å². The summed E-state index contributed by atoms with van der Waals surface area (Å²) in [7, 11) is 2.04. The van der Waals surface area contributed by atoms with Crippen molar-refractivity contribution in [3.63, 3.8) is 0 Å². The Labute approximate surface area is 97.1 Å². The van der Waals surface area contributed by atoms with Gasteiger partial charge < -0.3 is 10.2 Å². The highest BCUT2D eigenvalue weighted by atomic mass is 15.3. The van der Waals surface area contributed by atoms with Gasteiger partial charge in [-0.25, -0.2) is 0 Å². The largest absolute Gasteiger partial charge is 0.355 e. The van der Waals surface area contributed by atoms with Gasteiger partial charge in [0.1, 0.15) is 0 Å². The van der Waals surface area contributed by atoms with Gasteiger partial charge in [-0.1, -0.05) is 0 Å². The van der Waals surface area contributed by atoms with E-state index in [-0.39, 0.29) is 5.54 Å². The van der Waals surface area contributed by atoms with Crippen molar-refractivity contribution >= 4 is 5.82 Å². The predicted octanol–water partition coefficient (Wildman–Crippen LogP) is 1.36. The van der Waals surface area contributed by atoms with Crippen molar-refractivity contribution in [2.75, 3.05) is 25.0 Å². The first-order valence-electron chi connectivity index (χ1n) is 5.86. The van der Waals surface area contributed by atoms with Gasteiger partial charge in [-0.05, 0) is 45.4 Å². The molecule has 88 valence electrons. The lowest BCUT2D eigenvalue weighted by Crippen LogP contribution is -2.50. The third-order valence-electron chi connectivity index (χ3n) is 3.57. The Morgan fingerprint density at radius 2 is 2.06 bits per heavy atom. The number of piperidine rings is 1. The fourth-order valence-corrected chi connectivity index (χ4v) is 2.08. The molecule has 1 aliphatic heterocycles. The van der Waals surface area contributed by atoms with Crippen molar-refractivity contribution in [1.82, 2.24) is 15.5 Å². The summed E-state index contributed by atoms with van der Waals surface area (Å²) in [4.78, 5) is 2.32. The van der Waals surface area contributed by atoms with Crippen LogP contribution < -0.4 is 10.2 Å². The lowest BCUT2D eigenvalue weighted by atomic mass is 9.90. The second kappa shape index (κ2) is 4.37. The molecule has 2 heterocycles. The van der Waals surface area contributed by atoms with Gasteiger partial charge in [-0.15, -0.1) is 5.10 Å². The number of aryl methyl sites for hydroxylation is 1. The summed E-state index contributed by atoms with van der Waals surface area (Å²) in [6.45, 7) is 6.44. The zero-order valence-electron chi connectivity index (χ0n) is 10.3. The van der Waals surface area contributed by atoms with Gasteiger partial charge in [-0.2, -0.15) is 5.10 Å². The predicted molar refractivity (Wildman–Crippen MR) is 65.7 cm³/mol. The molecule has 0 unspecified atom stereocenters. The molecule has 0 radical (unpaired) electrons. The zero-order chi connectivity index (χ0) is 11.6. The molecule has 4 nitrogen and oxygen atoms in total. The van der Waals surface area contributed by atoms with E-state index in [4.69, 9.17) is 0 Å². The highest BCUT2D eigenvalue weighted by Gasteiger charge is 2.28. The highest BCUT2D eigenvalue weighted by Crippen LogP contribution is 2.24. The Hall–Kier alpha value is -1.16. The monoisotopic (exact) mass is 220 g/mol. The maximum absolute atomic E-state index is 4.19. The summed E-state index contributed by atoms with van der Waals surface area (Å²) in [6, 6.07) is 2.11. The van der Waals surface area contributed by atoms with Crippen LogP contribution >= 0.6 is 0 Å². The fraction of sp³-hybridized carbons (Fsp3) is 0.667. The Morgan fingerprint density at radius 3 is 2.62 bits per heavy atom. The Kier molecular flexibility index (Phi) is 3.10. The molecule has 0 spiro atoms. The van der Waals surface area contributed by atoms with Crippen LogP contribution in [0.15, 0.2) is 12.3 Å². The standard InChI is InChI=1S/C12H20N4/c1-10-8-11(15-14-9-10)16-6-4-12(2,13-3)5-7-16/h8-9,13H,4-7H2,1-3H3. The van der Waals surface area contributed by atoms with E-state index in [9.17, 15) is 0 Å². The maximum Gasteiger partial charge on any atom is 0.151 e. The maximum atomic E-state index is 4.19. The Bertz CT molecular complexity index is 356. The zero-order valence-corrected chi connectivity index (χ0v) is 10.3. The molecule has 1 N–H and O–H groups in total. The third kappa shape index (κ3) is 2.32. The molecule has 1 aromatic heterocycles. The number of anilines is 1. The molecule has 4 heteroatoms. The van der Waals surface area contributed by atoms with E-state index in [1.807, 2.05) is 7.05 Å². The van der Waals surface area contributed by atoms with Gasteiger partial charge in [0, 0.05) is 18.6 Å². The highest BCUT2D eigenvalue weighted by molar-refractivity contribution is 5.39. The van der Waals surface area contributed by atoms with E-state index >= 15 is 0 Å². The summed E-state index contributed by atoms with van der Waals surface area (Å²) in [5, 5.41) is 11.6. The second-order valence-corrected chi connectivity index (χ2v) is 4.89. The first-order valence-corrected chi connectivity index (χ1v) is 5.86. The van der Waals surface area contributed by atoms with Crippen molar-refractivity contribution in [3.8, 4) is 0 Å². The molecular formula is C12H20N4. The summed E-state index contributed by atoms with van der Waals surface area (Å²) in [5.41, 5.74) is 1.46. The minimum absolute atomic E-state index is 0.285. The van der Waals surface area contributed by atoms with Gasteiger partial charge in [0.05, 0.1) is 6.20 Å². The van der Waals surface area contributed by atoms with Crippen molar-refractivity contribution < 1.29 is 0 Å². The molecule has 2 rings (SSSR count). The minimum Gasteiger partial charge on any atom is -0.355 e. The summed E-state index contributed by atoms with van der Waals surface area (Å²) in [6.07, 6.45) is 4.10. The number of hydrogen-bond acceptors (Lipinski definition) is 4. The van der Waals surface area contributed by atoms with Gasteiger partial charge in [0.15, 0.2) is 5.82 Å². The van der Waals surface area contributed by atoms with E-state index in [2.05, 4.69) is 40.3 Å². The number of nitrogens with one attached hydrogen (secondary N) is 1. The van der Waals surface area contributed by atoms with E-state index in [1.54, 1.807) is 6.20 Å². The Balaban J connectivity index is 2.04. The first-order chi connectivity index (χ1) is 7.63. The fourth-order valence-electron chi connectivity index (χ4n) is 2.08. The lowest BCUT2D eigenvalue weighted by Gasteiger charge is -2.39. The average molecular weight is 220 g/mol. The topological polar surface area (TPSA) is 41.0 Å². The Morgan fingerprint density at radius 1 is 1.38 bits per heavy atom. The SMILES string of the molecule is CNC1(C)CCN(c2cc(C)cnn2)CC1. The molecule has 0 amide bonds. The van der Waals surface area contributed by atoms with Crippen LogP contribution in [0.4, 0.5) is 5.82 Å². The molecule has 0 aromatic carbocycles. The molecule has 1 aliphatic rings. The first kappa shape index (κ1) is 11.3. The van der Waals surface area contributed by atoms with E-state index in [1.165, 1.54) is 5.56 Å². The number of nitrogens with zero attached hydrogens (tertiary/aromatic N) is 3. The van der Waals surface area contributed by atoms with Crippen LogP contribution in [0.25, 0.3) is 0 Å². The van der Waals surface area contributed by atoms with Gasteiger partial charge in [0.25, 0.3) is 0 Å². The van der Waals surface area contributed by atoms with Crippen LogP contribution in [-0.2, 0) is 0 Å².